The van der Waals surface area contributed by atoms with E-state index in [0.29, 0.717) is 5.92 Å². The molecule has 0 aliphatic rings. The molecule has 0 saturated heterocycles. The van der Waals surface area contributed by atoms with Gasteiger partial charge in [-0.1, -0.05) is 32.0 Å². The van der Waals surface area contributed by atoms with Crippen LogP contribution in [0.3, 0.4) is 0 Å². The molecule has 0 aliphatic heterocycles. The summed E-state index contributed by atoms with van der Waals surface area (Å²) in [5.41, 5.74) is 1.11. The van der Waals surface area contributed by atoms with Crippen LogP contribution in [0.4, 0.5) is 0 Å². The van der Waals surface area contributed by atoms with Gasteiger partial charge in [-0.15, -0.1) is 0 Å². The second-order valence-corrected chi connectivity index (χ2v) is 4.34. The van der Waals surface area contributed by atoms with Crippen LogP contribution in [0.1, 0.15) is 30.1 Å². The third-order valence-electron chi connectivity index (χ3n) is 2.68. The van der Waals surface area contributed by atoms with E-state index in [0.717, 1.165) is 11.3 Å². The molecule has 4 heteroatoms. The molecule has 0 fully saturated rings. The predicted octanol–water partition coefficient (Wildman–Crippen LogP) is 2.73. The van der Waals surface area contributed by atoms with E-state index in [4.69, 9.17) is 4.74 Å². The minimum absolute atomic E-state index is 0.0140. The van der Waals surface area contributed by atoms with E-state index in [-0.39, 0.29) is 12.5 Å². The molecule has 1 aromatic carbocycles. The molecule has 1 heterocycles. The predicted molar refractivity (Wildman–Crippen MR) is 68.9 cm³/mol. The Hall–Kier alpha value is -2.10. The zero-order chi connectivity index (χ0) is 13.0. The molecule has 0 spiro atoms. The van der Waals surface area contributed by atoms with Crippen molar-refractivity contribution >= 4 is 5.91 Å². The minimum Gasteiger partial charge on any atom is -0.483 e. The lowest BCUT2D eigenvalue weighted by molar-refractivity contribution is 0.0836. The number of imidazole rings is 1. The molecule has 2 aromatic rings. The first-order chi connectivity index (χ1) is 8.68. The highest BCUT2D eigenvalue weighted by Gasteiger charge is 2.09. The van der Waals surface area contributed by atoms with Crippen molar-refractivity contribution in [2.45, 2.75) is 19.8 Å². The summed E-state index contributed by atoms with van der Waals surface area (Å²) in [7, 11) is 0. The maximum Gasteiger partial charge on any atom is 0.269 e. The van der Waals surface area contributed by atoms with Crippen LogP contribution < -0.4 is 4.74 Å². The Morgan fingerprint density at radius 3 is 2.83 bits per heavy atom. The van der Waals surface area contributed by atoms with Crippen LogP contribution in [-0.4, -0.2) is 22.1 Å². The Morgan fingerprint density at radius 2 is 2.17 bits per heavy atom. The molecule has 2 rings (SSSR count). The van der Waals surface area contributed by atoms with Crippen molar-refractivity contribution in [3.05, 3.63) is 48.5 Å². The highest BCUT2D eigenvalue weighted by atomic mass is 16.5. The van der Waals surface area contributed by atoms with Crippen molar-refractivity contribution in [2.24, 2.45) is 0 Å². The number of nitrogens with zero attached hydrogens (tertiary/aromatic N) is 2. The molecule has 18 heavy (non-hydrogen) atoms. The highest BCUT2D eigenvalue weighted by molar-refractivity contribution is 5.80. The smallest absolute Gasteiger partial charge is 0.269 e. The number of hydrogen-bond donors (Lipinski definition) is 0. The Morgan fingerprint density at radius 1 is 1.39 bits per heavy atom. The van der Waals surface area contributed by atoms with Gasteiger partial charge in [-0.05, 0) is 17.5 Å². The van der Waals surface area contributed by atoms with E-state index in [2.05, 4.69) is 18.8 Å². The number of para-hydroxylation sites is 1. The second-order valence-electron chi connectivity index (χ2n) is 4.34. The van der Waals surface area contributed by atoms with Gasteiger partial charge in [0.25, 0.3) is 5.91 Å². The summed E-state index contributed by atoms with van der Waals surface area (Å²) in [6, 6.07) is 7.78. The Kier molecular flexibility index (Phi) is 3.77. The SMILES string of the molecule is CC(C)c1ccccc1OCC(=O)n1ccnc1. The summed E-state index contributed by atoms with van der Waals surface area (Å²) in [6.07, 6.45) is 4.65. The number of benzene rings is 1. The molecule has 0 radical (unpaired) electrons. The topological polar surface area (TPSA) is 44.1 Å². The van der Waals surface area contributed by atoms with Gasteiger partial charge in [0.1, 0.15) is 12.1 Å². The largest absolute Gasteiger partial charge is 0.483 e. The molecule has 0 unspecified atom stereocenters. The minimum atomic E-state index is -0.133. The molecule has 1 aromatic heterocycles. The van der Waals surface area contributed by atoms with E-state index >= 15 is 0 Å². The molecule has 0 aliphatic carbocycles. The number of rotatable bonds is 4. The van der Waals surface area contributed by atoms with Crippen LogP contribution in [-0.2, 0) is 0 Å². The van der Waals surface area contributed by atoms with Gasteiger partial charge in [0.15, 0.2) is 6.61 Å². The molecule has 0 saturated carbocycles. The van der Waals surface area contributed by atoms with Crippen LogP contribution >= 0.6 is 0 Å². The van der Waals surface area contributed by atoms with Gasteiger partial charge in [0.2, 0.25) is 0 Å². The number of ether oxygens (including phenoxy) is 1. The Balaban J connectivity index is 2.04. The Bertz CT molecular complexity index is 518. The summed E-state index contributed by atoms with van der Waals surface area (Å²) in [5.74, 6) is 0.997. The first kappa shape index (κ1) is 12.4. The van der Waals surface area contributed by atoms with Crippen LogP contribution in [0, 0.1) is 0 Å². The molecule has 0 N–H and O–H groups in total. The first-order valence-electron chi connectivity index (χ1n) is 5.91. The fourth-order valence-corrected chi connectivity index (χ4v) is 1.71. The molecule has 4 nitrogen and oxygen atoms in total. The number of carbonyl (C=O) groups excluding carboxylic acids is 1. The van der Waals surface area contributed by atoms with Gasteiger partial charge in [0, 0.05) is 12.4 Å². The van der Waals surface area contributed by atoms with Crippen molar-refractivity contribution in [1.29, 1.82) is 0 Å². The maximum absolute atomic E-state index is 11.8. The molecule has 0 bridgehead atoms. The summed E-state index contributed by atoms with van der Waals surface area (Å²) in [6.45, 7) is 4.21. The number of aromatic nitrogens is 2. The van der Waals surface area contributed by atoms with Gasteiger partial charge in [0.05, 0.1) is 0 Å². The normalized spacial score (nSPS) is 10.6. The van der Waals surface area contributed by atoms with E-state index in [1.54, 1.807) is 12.4 Å². The molecule has 0 atom stereocenters. The fraction of sp³-hybridized carbons (Fsp3) is 0.286. The molecular weight excluding hydrogens is 228 g/mol. The number of hydrogen-bond acceptors (Lipinski definition) is 3. The monoisotopic (exact) mass is 244 g/mol. The third kappa shape index (κ3) is 2.77. The van der Waals surface area contributed by atoms with Crippen molar-refractivity contribution in [1.82, 2.24) is 9.55 Å². The van der Waals surface area contributed by atoms with E-state index in [1.807, 2.05) is 24.3 Å². The summed E-state index contributed by atoms with van der Waals surface area (Å²) >= 11 is 0. The lowest BCUT2D eigenvalue weighted by Gasteiger charge is -2.13. The molecular formula is C14H16N2O2. The Labute approximate surface area is 106 Å². The second kappa shape index (κ2) is 5.49. The van der Waals surface area contributed by atoms with E-state index in [9.17, 15) is 4.79 Å². The molecule has 0 amide bonds. The summed E-state index contributed by atoms with van der Waals surface area (Å²) < 4.78 is 7.00. The van der Waals surface area contributed by atoms with Gasteiger partial charge in [-0.25, -0.2) is 4.98 Å². The van der Waals surface area contributed by atoms with Crippen molar-refractivity contribution in [2.75, 3.05) is 6.61 Å². The van der Waals surface area contributed by atoms with Gasteiger partial charge in [-0.3, -0.25) is 9.36 Å². The number of carbonyl (C=O) groups is 1. The van der Waals surface area contributed by atoms with Crippen molar-refractivity contribution in [3.63, 3.8) is 0 Å². The standard InChI is InChI=1S/C14H16N2O2/c1-11(2)12-5-3-4-6-13(12)18-9-14(17)16-8-7-15-10-16/h3-8,10-11H,9H2,1-2H3. The fourth-order valence-electron chi connectivity index (χ4n) is 1.71. The van der Waals surface area contributed by atoms with Crippen LogP contribution in [0.25, 0.3) is 0 Å². The van der Waals surface area contributed by atoms with Crippen LogP contribution in [0.15, 0.2) is 43.0 Å². The quantitative estimate of drug-likeness (QED) is 0.830. The van der Waals surface area contributed by atoms with Crippen molar-refractivity contribution in [3.8, 4) is 5.75 Å². The van der Waals surface area contributed by atoms with Crippen LogP contribution in [0.5, 0.6) is 5.75 Å². The average molecular weight is 244 g/mol. The first-order valence-corrected chi connectivity index (χ1v) is 5.91. The zero-order valence-electron chi connectivity index (χ0n) is 10.5. The third-order valence-corrected chi connectivity index (χ3v) is 2.68. The summed E-state index contributed by atoms with van der Waals surface area (Å²) in [5, 5.41) is 0. The van der Waals surface area contributed by atoms with E-state index < -0.39 is 0 Å². The van der Waals surface area contributed by atoms with Gasteiger partial charge >= 0.3 is 0 Å². The zero-order valence-corrected chi connectivity index (χ0v) is 10.5. The van der Waals surface area contributed by atoms with Gasteiger partial charge in [-0.2, -0.15) is 0 Å². The lowest BCUT2D eigenvalue weighted by Crippen LogP contribution is -2.18. The highest BCUT2D eigenvalue weighted by Crippen LogP contribution is 2.25. The average Bonchev–Trinajstić information content (AvgIpc) is 2.90. The summed E-state index contributed by atoms with van der Waals surface area (Å²) in [4.78, 5) is 15.6. The molecule has 94 valence electrons. The van der Waals surface area contributed by atoms with Crippen molar-refractivity contribution < 1.29 is 9.53 Å². The lowest BCUT2D eigenvalue weighted by atomic mass is 10.0. The van der Waals surface area contributed by atoms with Crippen LogP contribution in [0.2, 0.25) is 0 Å². The van der Waals surface area contributed by atoms with E-state index in [1.165, 1.54) is 10.9 Å². The van der Waals surface area contributed by atoms with Gasteiger partial charge < -0.3 is 4.74 Å². The maximum atomic E-state index is 11.8.